The van der Waals surface area contributed by atoms with E-state index >= 15 is 0 Å². The van der Waals surface area contributed by atoms with Gasteiger partial charge in [-0.15, -0.1) is 0 Å². The highest BCUT2D eigenvalue weighted by atomic mass is 35.5. The fourth-order valence-corrected chi connectivity index (χ4v) is 4.97. The molecule has 1 atom stereocenters. The van der Waals surface area contributed by atoms with Gasteiger partial charge < -0.3 is 10.2 Å². The van der Waals surface area contributed by atoms with Crippen LogP contribution in [-0.4, -0.2) is 19.0 Å². The number of nitrogens with zero attached hydrogens (tertiary/aromatic N) is 1. The average molecular weight is 403 g/mol. The van der Waals surface area contributed by atoms with Gasteiger partial charge in [-0.3, -0.25) is 4.79 Å². The number of anilines is 1. The van der Waals surface area contributed by atoms with E-state index in [4.69, 9.17) is 11.6 Å². The molecule has 2 saturated heterocycles. The summed E-state index contributed by atoms with van der Waals surface area (Å²) < 4.78 is 0. The molecule has 1 spiro atoms. The van der Waals surface area contributed by atoms with Crippen LogP contribution >= 0.6 is 11.6 Å². The van der Waals surface area contributed by atoms with Gasteiger partial charge in [-0.05, 0) is 66.9 Å². The van der Waals surface area contributed by atoms with Crippen LogP contribution in [0.3, 0.4) is 0 Å². The maximum absolute atomic E-state index is 13.4. The van der Waals surface area contributed by atoms with Crippen LogP contribution in [0.2, 0.25) is 5.02 Å². The Labute approximate surface area is 176 Å². The molecule has 2 heterocycles. The summed E-state index contributed by atoms with van der Waals surface area (Å²) in [6.45, 7) is 1.77. The number of piperidine rings is 1. The van der Waals surface area contributed by atoms with Gasteiger partial charge in [0.15, 0.2) is 0 Å². The predicted molar refractivity (Wildman–Crippen MR) is 118 cm³/mol. The lowest BCUT2D eigenvalue weighted by Gasteiger charge is -2.58. The SMILES string of the molecule is O=C1N(c2ccc(-c3ccccc3)cc2)C(c2ccc(Cl)cc2)C12CCNCC2. The minimum Gasteiger partial charge on any atom is -0.317 e. The maximum Gasteiger partial charge on any atom is 0.236 e. The van der Waals surface area contributed by atoms with Crippen LogP contribution < -0.4 is 10.2 Å². The molecule has 4 heteroatoms. The second-order valence-electron chi connectivity index (χ2n) is 7.95. The van der Waals surface area contributed by atoms with E-state index in [1.54, 1.807) is 0 Å². The number of carbonyl (C=O) groups excluding carboxylic acids is 1. The minimum absolute atomic E-state index is 0.0527. The molecule has 0 radical (unpaired) electrons. The third kappa shape index (κ3) is 3.06. The van der Waals surface area contributed by atoms with Crippen molar-refractivity contribution in [1.29, 1.82) is 0 Å². The molecule has 3 aromatic rings. The highest BCUT2D eigenvalue weighted by Gasteiger charge is 2.61. The third-order valence-corrected chi connectivity index (χ3v) is 6.61. The molecule has 29 heavy (non-hydrogen) atoms. The van der Waals surface area contributed by atoms with Crippen molar-refractivity contribution in [3.63, 3.8) is 0 Å². The van der Waals surface area contributed by atoms with Crippen molar-refractivity contribution in [3.8, 4) is 11.1 Å². The molecule has 1 unspecified atom stereocenters. The number of benzene rings is 3. The van der Waals surface area contributed by atoms with E-state index in [1.807, 2.05) is 35.2 Å². The molecule has 146 valence electrons. The van der Waals surface area contributed by atoms with E-state index in [-0.39, 0.29) is 17.4 Å². The van der Waals surface area contributed by atoms with Crippen molar-refractivity contribution in [1.82, 2.24) is 5.32 Å². The zero-order valence-corrected chi connectivity index (χ0v) is 16.9. The van der Waals surface area contributed by atoms with Gasteiger partial charge in [0, 0.05) is 10.7 Å². The van der Waals surface area contributed by atoms with Gasteiger partial charge >= 0.3 is 0 Å². The first-order chi connectivity index (χ1) is 14.2. The molecular weight excluding hydrogens is 380 g/mol. The Morgan fingerprint density at radius 1 is 0.828 bits per heavy atom. The number of amides is 1. The van der Waals surface area contributed by atoms with Crippen molar-refractivity contribution < 1.29 is 4.79 Å². The number of rotatable bonds is 3. The molecule has 2 aliphatic rings. The zero-order chi connectivity index (χ0) is 19.8. The smallest absolute Gasteiger partial charge is 0.236 e. The Bertz CT molecular complexity index is 1010. The maximum atomic E-state index is 13.4. The normalized spacial score (nSPS) is 20.5. The quantitative estimate of drug-likeness (QED) is 0.589. The van der Waals surface area contributed by atoms with Gasteiger partial charge in [-0.25, -0.2) is 0 Å². The summed E-state index contributed by atoms with van der Waals surface area (Å²) in [6.07, 6.45) is 1.75. The monoisotopic (exact) mass is 402 g/mol. The number of hydrogen-bond donors (Lipinski definition) is 1. The molecule has 0 saturated carbocycles. The van der Waals surface area contributed by atoms with E-state index in [9.17, 15) is 4.79 Å². The molecule has 0 aliphatic carbocycles. The van der Waals surface area contributed by atoms with E-state index in [2.05, 4.69) is 53.8 Å². The largest absolute Gasteiger partial charge is 0.317 e. The first-order valence-electron chi connectivity index (χ1n) is 10.1. The molecule has 2 aliphatic heterocycles. The van der Waals surface area contributed by atoms with Gasteiger partial charge in [-0.2, -0.15) is 0 Å². The Kier molecular flexibility index (Phi) is 4.65. The van der Waals surface area contributed by atoms with Crippen molar-refractivity contribution in [2.45, 2.75) is 18.9 Å². The van der Waals surface area contributed by atoms with Gasteiger partial charge in [0.05, 0.1) is 11.5 Å². The molecule has 0 bridgehead atoms. The van der Waals surface area contributed by atoms with Crippen molar-refractivity contribution in [2.24, 2.45) is 5.41 Å². The molecule has 0 aromatic heterocycles. The second-order valence-corrected chi connectivity index (χ2v) is 8.38. The topological polar surface area (TPSA) is 32.3 Å². The lowest BCUT2D eigenvalue weighted by molar-refractivity contribution is -0.142. The van der Waals surface area contributed by atoms with Gasteiger partial charge in [-0.1, -0.05) is 66.2 Å². The summed E-state index contributed by atoms with van der Waals surface area (Å²) in [5.41, 5.74) is 4.14. The predicted octanol–water partition coefficient (Wildman–Crippen LogP) is 5.46. The van der Waals surface area contributed by atoms with Crippen LogP contribution in [0.1, 0.15) is 24.4 Å². The summed E-state index contributed by atoms with van der Waals surface area (Å²) >= 11 is 6.12. The van der Waals surface area contributed by atoms with E-state index < -0.39 is 0 Å². The first kappa shape index (κ1) is 18.4. The number of halogens is 1. The van der Waals surface area contributed by atoms with Crippen LogP contribution in [0.5, 0.6) is 0 Å². The zero-order valence-electron chi connectivity index (χ0n) is 16.1. The van der Waals surface area contributed by atoms with Crippen LogP contribution in [0, 0.1) is 5.41 Å². The molecule has 1 N–H and O–H groups in total. The standard InChI is InChI=1S/C25H23ClN2O/c26-21-10-6-20(7-11-21)23-25(14-16-27-17-15-25)24(29)28(23)22-12-8-19(9-13-22)18-4-2-1-3-5-18/h1-13,23,27H,14-17H2. The number of nitrogens with one attached hydrogen (secondary N) is 1. The van der Waals surface area contributed by atoms with Gasteiger partial charge in [0.2, 0.25) is 5.91 Å². The molecule has 3 nitrogen and oxygen atoms in total. The lowest BCUT2D eigenvalue weighted by atomic mass is 9.62. The van der Waals surface area contributed by atoms with Gasteiger partial charge in [0.1, 0.15) is 0 Å². The highest BCUT2D eigenvalue weighted by Crippen LogP contribution is 2.56. The van der Waals surface area contributed by atoms with Gasteiger partial charge in [0.25, 0.3) is 0 Å². The summed E-state index contributed by atoms with van der Waals surface area (Å²) in [4.78, 5) is 15.4. The summed E-state index contributed by atoms with van der Waals surface area (Å²) in [5.74, 6) is 0.242. The van der Waals surface area contributed by atoms with E-state index in [0.29, 0.717) is 0 Å². The first-order valence-corrected chi connectivity index (χ1v) is 10.5. The Morgan fingerprint density at radius 2 is 1.45 bits per heavy atom. The van der Waals surface area contributed by atoms with Crippen molar-refractivity contribution >= 4 is 23.2 Å². The minimum atomic E-state index is -0.308. The molecular formula is C25H23ClN2O. The molecule has 3 aromatic carbocycles. The Balaban J connectivity index is 1.51. The number of carbonyl (C=O) groups is 1. The number of β-lactam (4-membered cyclic amide) rings is 1. The molecule has 2 fully saturated rings. The van der Waals surface area contributed by atoms with Crippen molar-refractivity contribution in [3.05, 3.63) is 89.4 Å². The Hall–Kier alpha value is -2.62. The fourth-order valence-electron chi connectivity index (χ4n) is 4.84. The number of hydrogen-bond acceptors (Lipinski definition) is 2. The van der Waals surface area contributed by atoms with E-state index in [0.717, 1.165) is 47.8 Å². The fraction of sp³-hybridized carbons (Fsp3) is 0.240. The van der Waals surface area contributed by atoms with Crippen LogP contribution in [-0.2, 0) is 4.79 Å². The third-order valence-electron chi connectivity index (χ3n) is 6.36. The lowest BCUT2D eigenvalue weighted by Crippen LogP contribution is -2.66. The average Bonchev–Trinajstić information content (AvgIpc) is 2.79. The van der Waals surface area contributed by atoms with Crippen LogP contribution in [0.25, 0.3) is 11.1 Å². The molecule has 5 rings (SSSR count). The summed E-state index contributed by atoms with van der Waals surface area (Å²) in [7, 11) is 0. The summed E-state index contributed by atoms with van der Waals surface area (Å²) in [5, 5.41) is 4.12. The second kappa shape index (κ2) is 7.33. The highest BCUT2D eigenvalue weighted by molar-refractivity contribution is 6.30. The van der Waals surface area contributed by atoms with Crippen LogP contribution in [0.4, 0.5) is 5.69 Å². The Morgan fingerprint density at radius 3 is 2.10 bits per heavy atom. The van der Waals surface area contributed by atoms with Crippen LogP contribution in [0.15, 0.2) is 78.9 Å². The molecule has 1 amide bonds. The summed E-state index contributed by atoms with van der Waals surface area (Å²) in [6, 6.07) is 26.7. The van der Waals surface area contributed by atoms with E-state index in [1.165, 1.54) is 5.56 Å². The van der Waals surface area contributed by atoms with Crippen molar-refractivity contribution in [2.75, 3.05) is 18.0 Å².